The summed E-state index contributed by atoms with van der Waals surface area (Å²) in [4.78, 5) is 9.80. The number of imidazole rings is 2. The fourth-order valence-electron chi connectivity index (χ4n) is 4.24. The summed E-state index contributed by atoms with van der Waals surface area (Å²) >= 11 is 0. The van der Waals surface area contributed by atoms with Crippen molar-refractivity contribution in [3.8, 4) is 5.95 Å². The van der Waals surface area contributed by atoms with Gasteiger partial charge in [-0.15, -0.1) is 0 Å². The summed E-state index contributed by atoms with van der Waals surface area (Å²) in [6.07, 6.45) is 1.83. The Morgan fingerprint density at radius 3 is 1.83 bits per heavy atom. The maximum atomic E-state index is 4.98. The number of hydrogen-bond acceptors (Lipinski definition) is 2. The maximum absolute atomic E-state index is 4.98. The van der Waals surface area contributed by atoms with E-state index in [4.69, 9.17) is 9.97 Å². The molecule has 138 valence electrons. The Morgan fingerprint density at radius 2 is 1.24 bits per heavy atom. The van der Waals surface area contributed by atoms with Crippen molar-refractivity contribution < 1.29 is 0 Å². The van der Waals surface area contributed by atoms with Crippen LogP contribution in [0.25, 0.3) is 55.8 Å². The van der Waals surface area contributed by atoms with Crippen LogP contribution in [-0.2, 0) is 0 Å². The van der Waals surface area contributed by atoms with Gasteiger partial charge in [-0.3, -0.25) is 9.13 Å². The van der Waals surface area contributed by atoms with Gasteiger partial charge in [0.1, 0.15) is 5.82 Å². The van der Waals surface area contributed by atoms with E-state index in [1.807, 2.05) is 17.7 Å². The van der Waals surface area contributed by atoms with E-state index < -0.39 is 0 Å². The molecule has 0 N–H and O–H groups in total. The van der Waals surface area contributed by atoms with E-state index in [0.29, 0.717) is 0 Å². The Labute approximate surface area is 167 Å². The zero-order valence-corrected chi connectivity index (χ0v) is 16.0. The van der Waals surface area contributed by atoms with Crippen LogP contribution < -0.4 is 0 Å². The van der Waals surface area contributed by atoms with Crippen LogP contribution >= 0.6 is 0 Å². The van der Waals surface area contributed by atoms with Crippen LogP contribution in [0.15, 0.2) is 79.4 Å². The predicted molar refractivity (Wildman–Crippen MR) is 120 cm³/mol. The normalized spacial score (nSPS) is 11.8. The maximum Gasteiger partial charge on any atom is 0.221 e. The van der Waals surface area contributed by atoms with Gasteiger partial charge in [-0.1, -0.05) is 55.1 Å². The van der Waals surface area contributed by atoms with E-state index in [1.165, 1.54) is 21.5 Å². The Balaban J connectivity index is 1.72. The molecule has 4 heteroatoms. The zero-order valence-electron chi connectivity index (χ0n) is 16.0. The molecule has 0 radical (unpaired) electrons. The van der Waals surface area contributed by atoms with Crippen LogP contribution in [-0.4, -0.2) is 19.1 Å². The van der Waals surface area contributed by atoms with Crippen molar-refractivity contribution in [3.63, 3.8) is 0 Å². The third-order valence-electron chi connectivity index (χ3n) is 5.61. The number of nitrogens with zero attached hydrogens (tertiary/aromatic N) is 4. The summed E-state index contributed by atoms with van der Waals surface area (Å²) in [5.41, 5.74) is 3.99. The molecule has 2 aromatic heterocycles. The molecule has 0 aliphatic heterocycles. The predicted octanol–water partition coefficient (Wildman–Crippen LogP) is 6.09. The van der Waals surface area contributed by atoms with E-state index in [9.17, 15) is 0 Å². The van der Waals surface area contributed by atoms with E-state index in [2.05, 4.69) is 83.9 Å². The molecule has 6 rings (SSSR count). The number of rotatable bonds is 2. The van der Waals surface area contributed by atoms with E-state index in [0.717, 1.165) is 33.8 Å². The molecule has 0 bridgehead atoms. The molecule has 0 atom stereocenters. The van der Waals surface area contributed by atoms with Gasteiger partial charge >= 0.3 is 0 Å². The Hall–Kier alpha value is -3.92. The molecule has 4 aromatic carbocycles. The van der Waals surface area contributed by atoms with Gasteiger partial charge in [0.15, 0.2) is 0 Å². The first-order valence-corrected chi connectivity index (χ1v) is 9.64. The lowest BCUT2D eigenvalue weighted by Gasteiger charge is -2.08. The largest absolute Gasteiger partial charge is 0.285 e. The molecule has 0 aliphatic carbocycles. The first-order chi connectivity index (χ1) is 14.2. The molecule has 0 aliphatic rings. The Bertz CT molecular complexity index is 1580. The molecule has 0 amide bonds. The van der Waals surface area contributed by atoms with Gasteiger partial charge in [0, 0.05) is 6.20 Å². The molecule has 6 aromatic rings. The quantitative estimate of drug-likeness (QED) is 0.368. The van der Waals surface area contributed by atoms with Crippen molar-refractivity contribution in [2.75, 3.05) is 0 Å². The molecule has 0 saturated carbocycles. The Morgan fingerprint density at radius 1 is 0.724 bits per heavy atom. The molecular weight excluding hydrogens is 356 g/mol. The van der Waals surface area contributed by atoms with Gasteiger partial charge in [-0.2, -0.15) is 0 Å². The van der Waals surface area contributed by atoms with E-state index >= 15 is 0 Å². The number of benzene rings is 4. The van der Waals surface area contributed by atoms with Crippen molar-refractivity contribution in [1.82, 2.24) is 19.1 Å². The average Bonchev–Trinajstić information content (AvgIpc) is 3.25. The lowest BCUT2D eigenvalue weighted by Crippen LogP contribution is -2.04. The smallest absolute Gasteiger partial charge is 0.221 e. The highest BCUT2D eigenvalue weighted by atomic mass is 15.3. The van der Waals surface area contributed by atoms with Crippen LogP contribution in [0, 0.1) is 6.92 Å². The van der Waals surface area contributed by atoms with Crippen molar-refractivity contribution in [2.24, 2.45) is 0 Å². The van der Waals surface area contributed by atoms with Gasteiger partial charge in [0.25, 0.3) is 0 Å². The van der Waals surface area contributed by atoms with E-state index in [1.54, 1.807) is 0 Å². The minimum absolute atomic E-state index is 0.806. The second kappa shape index (κ2) is 5.79. The molecule has 29 heavy (non-hydrogen) atoms. The SMILES string of the molecule is C=Cn1c(-n2c(C)nc3cc4ccccc4cc32)nc2cc3ccccc3cc21. The second-order valence-electron chi connectivity index (χ2n) is 7.33. The number of aromatic nitrogens is 4. The van der Waals surface area contributed by atoms with Gasteiger partial charge < -0.3 is 0 Å². The van der Waals surface area contributed by atoms with Crippen molar-refractivity contribution in [1.29, 1.82) is 0 Å². The summed E-state index contributed by atoms with van der Waals surface area (Å²) in [6, 6.07) is 25.4. The third-order valence-corrected chi connectivity index (χ3v) is 5.61. The first-order valence-electron chi connectivity index (χ1n) is 9.64. The number of hydrogen-bond donors (Lipinski definition) is 0. The van der Waals surface area contributed by atoms with Gasteiger partial charge in [0.05, 0.1) is 22.1 Å². The monoisotopic (exact) mass is 374 g/mol. The average molecular weight is 374 g/mol. The number of aryl methyl sites for hydroxylation is 1. The lowest BCUT2D eigenvalue weighted by molar-refractivity contribution is 0.904. The minimum Gasteiger partial charge on any atom is -0.285 e. The van der Waals surface area contributed by atoms with Crippen LogP contribution in [0.1, 0.15) is 5.82 Å². The van der Waals surface area contributed by atoms with Crippen LogP contribution in [0.5, 0.6) is 0 Å². The summed E-state index contributed by atoms with van der Waals surface area (Å²) in [5, 5.41) is 4.74. The van der Waals surface area contributed by atoms with Gasteiger partial charge in [-0.05, 0) is 52.7 Å². The molecule has 0 spiro atoms. The third kappa shape index (κ3) is 2.26. The molecular formula is C25H18N4. The topological polar surface area (TPSA) is 35.6 Å². The molecule has 0 fully saturated rings. The van der Waals surface area contributed by atoms with Crippen LogP contribution in [0.2, 0.25) is 0 Å². The van der Waals surface area contributed by atoms with Crippen molar-refractivity contribution >= 4 is 49.8 Å². The van der Waals surface area contributed by atoms with Crippen molar-refractivity contribution in [2.45, 2.75) is 6.92 Å². The van der Waals surface area contributed by atoms with E-state index in [-0.39, 0.29) is 0 Å². The summed E-state index contributed by atoms with van der Waals surface area (Å²) in [6.45, 7) is 6.07. The molecule has 2 heterocycles. The highest BCUT2D eigenvalue weighted by Crippen LogP contribution is 2.30. The summed E-state index contributed by atoms with van der Waals surface area (Å²) < 4.78 is 4.17. The van der Waals surface area contributed by atoms with Crippen molar-refractivity contribution in [3.05, 3.63) is 85.2 Å². The van der Waals surface area contributed by atoms with Gasteiger partial charge in [0.2, 0.25) is 5.95 Å². The first kappa shape index (κ1) is 16.1. The number of fused-ring (bicyclic) bond motifs is 4. The lowest BCUT2D eigenvalue weighted by atomic mass is 10.1. The molecule has 0 saturated heterocycles. The fourth-order valence-corrected chi connectivity index (χ4v) is 4.24. The summed E-state index contributed by atoms with van der Waals surface area (Å²) in [7, 11) is 0. The zero-order chi connectivity index (χ0) is 19.5. The summed E-state index contributed by atoms with van der Waals surface area (Å²) in [5.74, 6) is 1.71. The minimum atomic E-state index is 0.806. The molecule has 0 unspecified atom stereocenters. The van der Waals surface area contributed by atoms with Gasteiger partial charge in [-0.25, -0.2) is 9.97 Å². The van der Waals surface area contributed by atoms with Crippen LogP contribution in [0.3, 0.4) is 0 Å². The van der Waals surface area contributed by atoms with Crippen LogP contribution in [0.4, 0.5) is 0 Å². The second-order valence-corrected chi connectivity index (χ2v) is 7.33. The fraction of sp³-hybridized carbons (Fsp3) is 0.0400. The highest BCUT2D eigenvalue weighted by molar-refractivity contribution is 5.98. The molecule has 4 nitrogen and oxygen atoms in total. The standard InChI is InChI=1S/C25H18N4/c1-3-28-23-14-19-10-6-4-8-17(19)12-21(23)27-25(28)29-16(2)26-22-13-18-9-5-7-11-20(18)15-24(22)29/h3-15H,1H2,2H3. The Kier molecular flexibility index (Phi) is 3.21. The highest BCUT2D eigenvalue weighted by Gasteiger charge is 2.17.